The molecule has 44 heavy (non-hydrogen) atoms. The number of carbonyl (C=O) groups is 2. The Kier molecular flexibility index (Phi) is 15.6. The number of nitro benzene ring substituents is 1. The standard InChI is InChI=1S/C25H34N2O8.C8H11N/c1-6-7-12-34-13-8-9-14-35-20-11-10-18(27(30)31)15-19(20)23-21(24(28)32-4)16(2)26-17(3)22(23)25(29)33-5;1-9-7-8-5-3-2-4-6-8/h10-11,15,23,26H,6-9,12-14H2,1-5H3;2-6,9H,7H2,1H3. The van der Waals surface area contributed by atoms with Crippen LogP contribution in [0.1, 0.15) is 63.5 Å². The van der Waals surface area contributed by atoms with E-state index in [1.165, 1.54) is 38.0 Å². The molecule has 1 heterocycles. The lowest BCUT2D eigenvalue weighted by atomic mass is 9.80. The van der Waals surface area contributed by atoms with Crippen LogP contribution < -0.4 is 15.4 Å². The highest BCUT2D eigenvalue weighted by atomic mass is 16.6. The number of unbranched alkanes of at least 4 members (excludes halogenated alkanes) is 2. The van der Waals surface area contributed by atoms with Crippen LogP contribution in [0.5, 0.6) is 5.75 Å². The third-order valence-corrected chi connectivity index (χ3v) is 6.89. The second kappa shape index (κ2) is 19.1. The quantitative estimate of drug-likeness (QED) is 0.114. The van der Waals surface area contributed by atoms with Gasteiger partial charge in [-0.15, -0.1) is 0 Å². The molecule has 0 saturated carbocycles. The van der Waals surface area contributed by atoms with Gasteiger partial charge in [0.1, 0.15) is 5.75 Å². The van der Waals surface area contributed by atoms with Crippen LogP contribution in [0.3, 0.4) is 0 Å². The maximum absolute atomic E-state index is 12.8. The molecule has 3 rings (SSSR count). The van der Waals surface area contributed by atoms with Gasteiger partial charge in [-0.2, -0.15) is 0 Å². The summed E-state index contributed by atoms with van der Waals surface area (Å²) in [6.45, 7) is 8.09. The molecule has 2 aromatic rings. The van der Waals surface area contributed by atoms with Gasteiger partial charge in [-0.05, 0) is 51.8 Å². The van der Waals surface area contributed by atoms with Gasteiger partial charge in [0.05, 0.1) is 42.8 Å². The van der Waals surface area contributed by atoms with Crippen LogP contribution in [-0.2, 0) is 30.3 Å². The van der Waals surface area contributed by atoms with E-state index < -0.39 is 22.8 Å². The maximum Gasteiger partial charge on any atom is 0.336 e. The zero-order valence-corrected chi connectivity index (χ0v) is 26.6. The van der Waals surface area contributed by atoms with E-state index in [-0.39, 0.29) is 16.8 Å². The average molecular weight is 612 g/mol. The van der Waals surface area contributed by atoms with Crippen molar-refractivity contribution in [2.24, 2.45) is 0 Å². The van der Waals surface area contributed by atoms with E-state index in [4.69, 9.17) is 18.9 Å². The largest absolute Gasteiger partial charge is 0.493 e. The number of methoxy groups -OCH3 is 2. The highest BCUT2D eigenvalue weighted by molar-refractivity contribution is 6.00. The second-order valence-corrected chi connectivity index (χ2v) is 10.1. The lowest BCUT2D eigenvalue weighted by Crippen LogP contribution is -2.32. The lowest BCUT2D eigenvalue weighted by Gasteiger charge is -2.30. The molecule has 0 spiro atoms. The number of hydrogen-bond acceptors (Lipinski definition) is 10. The van der Waals surface area contributed by atoms with E-state index in [1.807, 2.05) is 25.2 Å². The fourth-order valence-electron chi connectivity index (χ4n) is 4.71. The number of nitrogens with one attached hydrogen (secondary N) is 2. The number of nitrogens with zero attached hydrogens (tertiary/aromatic N) is 1. The van der Waals surface area contributed by atoms with E-state index in [0.29, 0.717) is 42.3 Å². The van der Waals surface area contributed by atoms with Crippen molar-refractivity contribution in [3.63, 3.8) is 0 Å². The molecule has 1 aliphatic heterocycles. The Morgan fingerprint density at radius 1 is 0.909 bits per heavy atom. The Morgan fingerprint density at radius 3 is 2.05 bits per heavy atom. The average Bonchev–Trinajstić information content (AvgIpc) is 3.02. The molecule has 0 saturated heterocycles. The van der Waals surface area contributed by atoms with Crippen LogP contribution in [0.4, 0.5) is 5.69 Å². The number of carbonyl (C=O) groups excluding carboxylic acids is 2. The van der Waals surface area contributed by atoms with Gasteiger partial charge in [0.25, 0.3) is 5.69 Å². The van der Waals surface area contributed by atoms with Crippen molar-refractivity contribution in [1.82, 2.24) is 10.6 Å². The molecule has 0 unspecified atom stereocenters. The number of dihydropyridines is 1. The normalized spacial score (nSPS) is 13.0. The summed E-state index contributed by atoms with van der Waals surface area (Å²) in [6.07, 6.45) is 3.58. The molecular weight excluding hydrogens is 566 g/mol. The Morgan fingerprint density at radius 2 is 1.50 bits per heavy atom. The minimum Gasteiger partial charge on any atom is -0.493 e. The summed E-state index contributed by atoms with van der Waals surface area (Å²) in [5.74, 6) is -1.99. The smallest absolute Gasteiger partial charge is 0.336 e. The van der Waals surface area contributed by atoms with Crippen molar-refractivity contribution in [2.75, 3.05) is 41.1 Å². The SMILES string of the molecule is CCCCOCCCCOc1ccc([N+](=O)[O-])cc1C1C(C(=O)OC)=C(C)NC(C)=C1C(=O)OC.CNCc1ccccc1. The maximum atomic E-state index is 12.8. The van der Waals surface area contributed by atoms with Crippen molar-refractivity contribution in [2.45, 2.75) is 58.9 Å². The van der Waals surface area contributed by atoms with Crippen LogP contribution in [0.2, 0.25) is 0 Å². The van der Waals surface area contributed by atoms with Gasteiger partial charge in [-0.3, -0.25) is 10.1 Å². The summed E-state index contributed by atoms with van der Waals surface area (Å²) >= 11 is 0. The van der Waals surface area contributed by atoms with Crippen molar-refractivity contribution >= 4 is 17.6 Å². The zero-order valence-electron chi connectivity index (χ0n) is 26.6. The molecule has 0 amide bonds. The van der Waals surface area contributed by atoms with Crippen molar-refractivity contribution in [1.29, 1.82) is 0 Å². The molecule has 11 heteroatoms. The Hall–Kier alpha value is -4.22. The van der Waals surface area contributed by atoms with Gasteiger partial charge < -0.3 is 29.6 Å². The third-order valence-electron chi connectivity index (χ3n) is 6.89. The molecule has 0 aromatic heterocycles. The van der Waals surface area contributed by atoms with Crippen molar-refractivity contribution < 1.29 is 33.5 Å². The number of hydrogen-bond donors (Lipinski definition) is 2. The Bertz CT molecular complexity index is 1270. The highest BCUT2D eigenvalue weighted by Crippen LogP contribution is 2.44. The first-order valence-electron chi connectivity index (χ1n) is 14.7. The van der Waals surface area contributed by atoms with Crippen molar-refractivity contribution in [3.8, 4) is 5.75 Å². The summed E-state index contributed by atoms with van der Waals surface area (Å²) in [5, 5.41) is 17.7. The molecule has 0 aliphatic carbocycles. The van der Waals surface area contributed by atoms with Crippen LogP contribution >= 0.6 is 0 Å². The molecule has 0 radical (unpaired) electrons. The summed E-state index contributed by atoms with van der Waals surface area (Å²) in [7, 11) is 4.42. The van der Waals surface area contributed by atoms with E-state index in [0.717, 1.165) is 32.4 Å². The summed E-state index contributed by atoms with van der Waals surface area (Å²) in [4.78, 5) is 36.6. The number of non-ortho nitro benzene ring substituents is 1. The van der Waals surface area contributed by atoms with E-state index >= 15 is 0 Å². The van der Waals surface area contributed by atoms with Gasteiger partial charge in [0.15, 0.2) is 0 Å². The lowest BCUT2D eigenvalue weighted by molar-refractivity contribution is -0.384. The zero-order chi connectivity index (χ0) is 32.5. The monoisotopic (exact) mass is 611 g/mol. The number of allylic oxidation sites excluding steroid dienone is 2. The first-order valence-corrected chi connectivity index (χ1v) is 14.7. The van der Waals surface area contributed by atoms with Gasteiger partial charge in [0.2, 0.25) is 0 Å². The second-order valence-electron chi connectivity index (χ2n) is 10.1. The number of ether oxygens (including phenoxy) is 4. The minimum atomic E-state index is -0.983. The van der Waals surface area contributed by atoms with Gasteiger partial charge in [-0.1, -0.05) is 43.7 Å². The van der Waals surface area contributed by atoms with Gasteiger partial charge in [-0.25, -0.2) is 9.59 Å². The molecule has 240 valence electrons. The van der Waals surface area contributed by atoms with Crippen LogP contribution in [0.15, 0.2) is 71.1 Å². The minimum absolute atomic E-state index is 0.146. The first-order chi connectivity index (χ1) is 21.2. The summed E-state index contributed by atoms with van der Waals surface area (Å²) in [5.41, 5.74) is 2.67. The Labute approximate surface area is 259 Å². The van der Waals surface area contributed by atoms with Gasteiger partial charge >= 0.3 is 11.9 Å². The molecule has 1 aliphatic rings. The number of esters is 2. The number of nitro groups is 1. The van der Waals surface area contributed by atoms with E-state index in [2.05, 4.69) is 29.7 Å². The summed E-state index contributed by atoms with van der Waals surface area (Å²) in [6, 6.07) is 14.5. The van der Waals surface area contributed by atoms with Crippen LogP contribution in [0, 0.1) is 10.1 Å². The molecule has 0 fully saturated rings. The fraction of sp³-hybridized carbons (Fsp3) is 0.455. The molecular formula is C33H45N3O8. The van der Waals surface area contributed by atoms with Crippen molar-refractivity contribution in [3.05, 3.63) is 92.3 Å². The molecule has 11 nitrogen and oxygen atoms in total. The van der Waals surface area contributed by atoms with Gasteiger partial charge in [0, 0.05) is 48.8 Å². The van der Waals surface area contributed by atoms with E-state index in [9.17, 15) is 19.7 Å². The molecule has 0 bridgehead atoms. The highest BCUT2D eigenvalue weighted by Gasteiger charge is 2.39. The molecule has 2 N–H and O–H groups in total. The molecule has 2 aromatic carbocycles. The number of rotatable bonds is 15. The predicted molar refractivity (Wildman–Crippen MR) is 168 cm³/mol. The van der Waals surface area contributed by atoms with E-state index in [1.54, 1.807) is 13.8 Å². The molecule has 0 atom stereocenters. The predicted octanol–water partition coefficient (Wildman–Crippen LogP) is 5.56. The fourth-order valence-corrected chi connectivity index (χ4v) is 4.71. The topological polar surface area (TPSA) is 138 Å². The third kappa shape index (κ3) is 10.5. The first kappa shape index (κ1) is 36.0. The van der Waals surface area contributed by atoms with Crippen LogP contribution in [0.25, 0.3) is 0 Å². The van der Waals surface area contributed by atoms with Crippen LogP contribution in [-0.4, -0.2) is 57.9 Å². The number of benzene rings is 2. The Balaban J connectivity index is 0.000000639. The summed E-state index contributed by atoms with van der Waals surface area (Å²) < 4.78 is 21.5.